The minimum atomic E-state index is -1.08. The first-order chi connectivity index (χ1) is 11.3. The summed E-state index contributed by atoms with van der Waals surface area (Å²) < 4.78 is 9.19. The van der Waals surface area contributed by atoms with Gasteiger partial charge in [-0.3, -0.25) is 0 Å². The number of rotatable bonds is 0. The number of hydrogen-bond donors (Lipinski definition) is 0. The molecule has 24 heavy (non-hydrogen) atoms. The molecule has 0 N–H and O–H groups in total. The first-order valence-corrected chi connectivity index (χ1v) is 7.65. The Labute approximate surface area is 152 Å². The van der Waals surface area contributed by atoms with Crippen molar-refractivity contribution in [3.63, 3.8) is 0 Å². The quantitative estimate of drug-likeness (QED) is 0.485. The van der Waals surface area contributed by atoms with E-state index in [4.69, 9.17) is 46.4 Å². The van der Waals surface area contributed by atoms with E-state index >= 15 is 0 Å². The summed E-state index contributed by atoms with van der Waals surface area (Å²) >= 11 is 24.2. The number of hydrogen-bond acceptors (Lipinski definition) is 6. The minimum absolute atomic E-state index is 0.116. The molecule has 0 radical (unpaired) electrons. The number of halogens is 4. The highest BCUT2D eigenvalue weighted by Crippen LogP contribution is 2.49. The van der Waals surface area contributed by atoms with Gasteiger partial charge in [-0.25, -0.2) is 19.2 Å². The van der Waals surface area contributed by atoms with E-state index < -0.39 is 23.9 Å². The molecular weight excluding hydrogens is 406 g/mol. The average Bonchev–Trinajstić information content (AvgIpc) is 2.49. The van der Waals surface area contributed by atoms with Crippen molar-refractivity contribution in [1.29, 1.82) is 0 Å². The summed E-state index contributed by atoms with van der Waals surface area (Å²) in [5, 5.41) is -1.53. The lowest BCUT2D eigenvalue weighted by atomic mass is 9.89. The van der Waals surface area contributed by atoms with Gasteiger partial charge in [-0.05, 0) is 0 Å². The van der Waals surface area contributed by atoms with Crippen molar-refractivity contribution in [2.75, 3.05) is 0 Å². The summed E-state index contributed by atoms with van der Waals surface area (Å²) in [6.45, 7) is 0. The molecule has 2 heterocycles. The smallest absolute Gasteiger partial charge is 0.348 e. The zero-order chi connectivity index (χ0) is 17.5. The predicted molar refractivity (Wildman–Crippen MR) is 83.5 cm³/mol. The van der Waals surface area contributed by atoms with Crippen molar-refractivity contribution >= 4 is 81.1 Å². The number of ether oxygens (including phenoxy) is 2. The number of benzene rings is 2. The van der Waals surface area contributed by atoms with E-state index in [9.17, 15) is 19.2 Å². The van der Waals surface area contributed by atoms with Crippen molar-refractivity contribution in [1.82, 2.24) is 0 Å². The molecule has 2 aliphatic heterocycles. The fraction of sp³-hybridized carbons (Fsp3) is 0. The van der Waals surface area contributed by atoms with Crippen LogP contribution in [0.1, 0.15) is 41.4 Å². The van der Waals surface area contributed by atoms with Gasteiger partial charge in [-0.1, -0.05) is 46.4 Å². The molecule has 10 heteroatoms. The third kappa shape index (κ3) is 1.69. The van der Waals surface area contributed by atoms with Gasteiger partial charge in [0, 0.05) is 10.8 Å². The van der Waals surface area contributed by atoms with Crippen molar-refractivity contribution in [2.45, 2.75) is 0 Å². The highest BCUT2D eigenvalue weighted by Gasteiger charge is 2.42. The molecule has 6 nitrogen and oxygen atoms in total. The Hall–Kier alpha value is -1.86. The normalized spacial score (nSPS) is 15.7. The molecule has 0 saturated carbocycles. The van der Waals surface area contributed by atoms with E-state index in [1.807, 2.05) is 0 Å². The molecular formula is C14Cl4O6. The van der Waals surface area contributed by atoms with Crippen LogP contribution in [0.5, 0.6) is 0 Å². The highest BCUT2D eigenvalue weighted by molar-refractivity contribution is 6.53. The Morgan fingerprint density at radius 3 is 0.875 bits per heavy atom. The number of esters is 4. The molecule has 0 atom stereocenters. The topological polar surface area (TPSA) is 86.7 Å². The Balaban J connectivity index is 2.45. The van der Waals surface area contributed by atoms with E-state index in [2.05, 4.69) is 9.47 Å². The van der Waals surface area contributed by atoms with Crippen LogP contribution in [0.3, 0.4) is 0 Å². The zero-order valence-corrected chi connectivity index (χ0v) is 14.0. The molecule has 0 saturated heterocycles. The van der Waals surface area contributed by atoms with Gasteiger partial charge in [-0.15, -0.1) is 0 Å². The zero-order valence-electron chi connectivity index (χ0n) is 11.0. The lowest BCUT2D eigenvalue weighted by Gasteiger charge is -2.25. The molecule has 120 valence electrons. The molecule has 2 aromatic carbocycles. The predicted octanol–water partition coefficient (Wildman–Crippen LogP) is 4.07. The number of carbonyl (C=O) groups is 4. The van der Waals surface area contributed by atoms with Gasteiger partial charge in [0.25, 0.3) is 0 Å². The van der Waals surface area contributed by atoms with Gasteiger partial charge in [-0.2, -0.15) is 0 Å². The minimum Gasteiger partial charge on any atom is -0.386 e. The standard InChI is InChI=1S/C14Cl4O6/c15-7-3-1-2-5(9(7)17)13(21)24-14(22)6(2)10(18)8(16)4(1)12(20)23-11(3)19. The summed E-state index contributed by atoms with van der Waals surface area (Å²) in [6, 6.07) is 0. The third-order valence-corrected chi connectivity index (χ3v) is 5.41. The van der Waals surface area contributed by atoms with Gasteiger partial charge < -0.3 is 9.47 Å². The van der Waals surface area contributed by atoms with Crippen LogP contribution < -0.4 is 0 Å². The molecule has 0 aromatic heterocycles. The molecule has 0 bridgehead atoms. The molecule has 0 fully saturated rings. The van der Waals surface area contributed by atoms with Crippen LogP contribution in [0, 0.1) is 0 Å². The second-order valence-corrected chi connectivity index (χ2v) is 6.37. The molecule has 2 aliphatic rings. The van der Waals surface area contributed by atoms with Crippen molar-refractivity contribution in [3.8, 4) is 0 Å². The molecule has 0 amide bonds. The Kier molecular flexibility index (Phi) is 3.15. The van der Waals surface area contributed by atoms with E-state index in [-0.39, 0.29) is 53.1 Å². The van der Waals surface area contributed by atoms with Gasteiger partial charge in [0.1, 0.15) is 0 Å². The average molecular weight is 406 g/mol. The Morgan fingerprint density at radius 1 is 0.458 bits per heavy atom. The SMILES string of the molecule is O=C1OC(=O)c2c(Cl)c(Cl)c3c4c(c(Cl)c(Cl)c1c24)C(=O)OC3=O. The fourth-order valence-electron chi connectivity index (χ4n) is 2.77. The van der Waals surface area contributed by atoms with Crippen LogP contribution >= 0.6 is 46.4 Å². The summed E-state index contributed by atoms with van der Waals surface area (Å²) in [6.07, 6.45) is 0. The first-order valence-electron chi connectivity index (χ1n) is 6.14. The molecule has 4 rings (SSSR count). The van der Waals surface area contributed by atoms with E-state index in [0.717, 1.165) is 0 Å². The maximum Gasteiger partial charge on any atom is 0.348 e. The van der Waals surface area contributed by atoms with Gasteiger partial charge >= 0.3 is 23.9 Å². The lowest BCUT2D eigenvalue weighted by Crippen LogP contribution is -2.27. The maximum absolute atomic E-state index is 12.1. The van der Waals surface area contributed by atoms with Crippen LogP contribution in [-0.4, -0.2) is 23.9 Å². The summed E-state index contributed by atoms with van der Waals surface area (Å²) in [5.74, 6) is -4.33. The van der Waals surface area contributed by atoms with E-state index in [1.54, 1.807) is 0 Å². The monoisotopic (exact) mass is 404 g/mol. The van der Waals surface area contributed by atoms with Crippen LogP contribution in [0.15, 0.2) is 0 Å². The Bertz CT molecular complexity index is 908. The summed E-state index contributed by atoms with van der Waals surface area (Å²) in [7, 11) is 0. The second-order valence-electron chi connectivity index (χ2n) is 4.86. The molecule has 2 aromatic rings. The summed E-state index contributed by atoms with van der Waals surface area (Å²) in [4.78, 5) is 48.3. The first kappa shape index (κ1) is 15.7. The third-order valence-electron chi connectivity index (χ3n) is 3.70. The van der Waals surface area contributed by atoms with Crippen LogP contribution in [0.25, 0.3) is 10.8 Å². The van der Waals surface area contributed by atoms with Gasteiger partial charge in [0.2, 0.25) is 0 Å². The molecule has 0 aliphatic carbocycles. The van der Waals surface area contributed by atoms with Crippen LogP contribution in [-0.2, 0) is 9.47 Å². The highest BCUT2D eigenvalue weighted by atomic mass is 35.5. The largest absolute Gasteiger partial charge is 0.386 e. The van der Waals surface area contributed by atoms with E-state index in [0.29, 0.717) is 0 Å². The molecule has 0 spiro atoms. The van der Waals surface area contributed by atoms with Crippen molar-refractivity contribution < 1.29 is 28.7 Å². The van der Waals surface area contributed by atoms with Crippen molar-refractivity contribution in [3.05, 3.63) is 42.3 Å². The van der Waals surface area contributed by atoms with Gasteiger partial charge in [0.15, 0.2) is 0 Å². The van der Waals surface area contributed by atoms with Gasteiger partial charge in [0.05, 0.1) is 42.3 Å². The van der Waals surface area contributed by atoms with E-state index in [1.165, 1.54) is 0 Å². The number of carbonyl (C=O) groups excluding carboxylic acids is 4. The maximum atomic E-state index is 12.1. The van der Waals surface area contributed by atoms with Crippen LogP contribution in [0.2, 0.25) is 20.1 Å². The second kappa shape index (κ2) is 4.83. The lowest BCUT2D eigenvalue weighted by molar-refractivity contribution is 0.0366. The fourth-order valence-corrected chi connectivity index (χ4v) is 3.83. The van der Waals surface area contributed by atoms with Crippen LogP contribution in [0.4, 0.5) is 0 Å². The molecule has 0 unspecified atom stereocenters. The number of cyclic esters (lactones) is 4. The van der Waals surface area contributed by atoms with Crippen molar-refractivity contribution in [2.24, 2.45) is 0 Å². The summed E-state index contributed by atoms with van der Waals surface area (Å²) in [5.41, 5.74) is -1.12. The Morgan fingerprint density at radius 2 is 0.667 bits per heavy atom.